The lowest BCUT2D eigenvalue weighted by molar-refractivity contribution is 0.234. The molecule has 0 amide bonds. The minimum atomic E-state index is -0.181. The van der Waals surface area contributed by atoms with E-state index in [4.69, 9.17) is 14.3 Å². The summed E-state index contributed by atoms with van der Waals surface area (Å²) in [5.41, 5.74) is 20.8. The van der Waals surface area contributed by atoms with Crippen LogP contribution in [0.4, 0.5) is 34.1 Å². The highest BCUT2D eigenvalue weighted by Gasteiger charge is 2.49. The second-order valence-electron chi connectivity index (χ2n) is 19.6. The molecule has 5 unspecified atom stereocenters. The van der Waals surface area contributed by atoms with E-state index < -0.39 is 0 Å². The van der Waals surface area contributed by atoms with E-state index in [1.165, 1.54) is 39.2 Å². The molecule has 0 spiro atoms. The van der Waals surface area contributed by atoms with Crippen LogP contribution in [0.15, 0.2) is 237 Å². The van der Waals surface area contributed by atoms with Gasteiger partial charge in [-0.2, -0.15) is 5.06 Å². The highest BCUT2D eigenvalue weighted by molar-refractivity contribution is 5.85. The molecular formula is C66H47N3O3. The highest BCUT2D eigenvalue weighted by atomic mass is 16.7. The molecule has 72 heavy (non-hydrogen) atoms. The highest BCUT2D eigenvalue weighted by Crippen LogP contribution is 2.57. The fourth-order valence-electron chi connectivity index (χ4n) is 12.3. The van der Waals surface area contributed by atoms with Crippen LogP contribution >= 0.6 is 0 Å². The van der Waals surface area contributed by atoms with Crippen LogP contribution in [0, 0.1) is 0 Å². The Labute approximate surface area is 419 Å². The molecule has 0 fully saturated rings. The molecule has 0 saturated carbocycles. The van der Waals surface area contributed by atoms with Gasteiger partial charge in [-0.3, -0.25) is 0 Å². The molecule has 5 atom stereocenters. The van der Waals surface area contributed by atoms with Gasteiger partial charge in [-0.1, -0.05) is 134 Å². The summed E-state index contributed by atoms with van der Waals surface area (Å²) < 4.78 is 13.8. The van der Waals surface area contributed by atoms with Crippen molar-refractivity contribution in [2.24, 2.45) is 0 Å². The normalized spacial score (nSPS) is 19.3. The summed E-state index contributed by atoms with van der Waals surface area (Å²) in [5, 5.41) is 1.98. The van der Waals surface area contributed by atoms with Crippen LogP contribution in [0.1, 0.15) is 58.1 Å². The molecule has 5 aliphatic rings. The van der Waals surface area contributed by atoms with Crippen molar-refractivity contribution in [2.45, 2.75) is 37.1 Å². The zero-order chi connectivity index (χ0) is 47.4. The molecule has 0 aliphatic carbocycles. The molecular weight excluding hydrogens is 883 g/mol. The number of hydrogen-bond acceptors (Lipinski definition) is 6. The molecule has 344 valence electrons. The van der Waals surface area contributed by atoms with Gasteiger partial charge >= 0.3 is 0 Å². The number of ether oxygens (including phenoxy) is 2. The Balaban J connectivity index is 0.871. The molecule has 0 N–H and O–H groups in total. The number of para-hydroxylation sites is 6. The standard InChI is InChI=1S/C66H47N3O3/c1-41-51-23-11-16-28-59(51)69(50-21-9-4-10-22-50)72-62-34-31-42(38-54(41)62)45-35-46(43-29-32-60-55(39-43)63-52-24-12-14-26-57(52)67(65(63)70-60)48-17-5-2-6-18-48)37-47(36-45)44-30-33-61-56(40-44)64-53-25-13-15-27-58(53)68(66(64)71-61)49-19-7-3-8-20-49/h2-41,63-66H,1H3. The van der Waals surface area contributed by atoms with Gasteiger partial charge in [-0.05, 0) is 159 Å². The average Bonchev–Trinajstić information content (AvgIpc) is 4.17. The van der Waals surface area contributed by atoms with Gasteiger partial charge in [0.15, 0.2) is 18.2 Å². The third-order valence-electron chi connectivity index (χ3n) is 15.6. The first kappa shape index (κ1) is 40.8. The third kappa shape index (κ3) is 6.28. The van der Waals surface area contributed by atoms with Crippen molar-refractivity contribution < 1.29 is 14.3 Å². The Morgan fingerprint density at radius 2 is 0.694 bits per heavy atom. The summed E-state index contributed by atoms with van der Waals surface area (Å²) in [4.78, 5) is 11.6. The van der Waals surface area contributed by atoms with Gasteiger partial charge in [0.25, 0.3) is 0 Å². The summed E-state index contributed by atoms with van der Waals surface area (Å²) in [6, 6.07) is 85.1. The van der Waals surface area contributed by atoms with Crippen molar-refractivity contribution in [1.29, 1.82) is 0 Å². The Morgan fingerprint density at radius 1 is 0.306 bits per heavy atom. The van der Waals surface area contributed by atoms with Crippen LogP contribution in [-0.2, 0) is 0 Å². The van der Waals surface area contributed by atoms with Crippen molar-refractivity contribution in [3.8, 4) is 50.6 Å². The molecule has 5 heterocycles. The van der Waals surface area contributed by atoms with Gasteiger partial charge in [0.1, 0.15) is 11.5 Å². The summed E-state index contributed by atoms with van der Waals surface area (Å²) in [5.74, 6) is 2.87. The van der Waals surface area contributed by atoms with Crippen molar-refractivity contribution in [3.05, 3.63) is 270 Å². The molecule has 0 saturated heterocycles. The van der Waals surface area contributed by atoms with E-state index in [1.807, 2.05) is 11.1 Å². The van der Waals surface area contributed by atoms with Gasteiger partial charge in [-0.25, -0.2) is 0 Å². The number of nitrogens with zero attached hydrogens (tertiary/aromatic N) is 3. The van der Waals surface area contributed by atoms with Crippen LogP contribution in [0.25, 0.3) is 33.4 Å². The number of anilines is 6. The molecule has 6 heteroatoms. The smallest absolute Gasteiger partial charge is 0.187 e. The predicted molar refractivity (Wildman–Crippen MR) is 288 cm³/mol. The predicted octanol–water partition coefficient (Wildman–Crippen LogP) is 16.3. The maximum atomic E-state index is 6.92. The number of hydrogen-bond donors (Lipinski definition) is 0. The lowest BCUT2D eigenvalue weighted by atomic mass is 9.86. The molecule has 6 nitrogen and oxygen atoms in total. The first-order valence-corrected chi connectivity index (χ1v) is 25.0. The van der Waals surface area contributed by atoms with Crippen molar-refractivity contribution >= 4 is 34.1 Å². The Kier molecular flexibility index (Phi) is 9.09. The fourth-order valence-corrected chi connectivity index (χ4v) is 12.3. The second kappa shape index (κ2) is 16.0. The summed E-state index contributed by atoms with van der Waals surface area (Å²) in [6.45, 7) is 2.29. The molecule has 10 aromatic carbocycles. The van der Waals surface area contributed by atoms with E-state index in [-0.39, 0.29) is 30.2 Å². The van der Waals surface area contributed by atoms with E-state index >= 15 is 0 Å². The van der Waals surface area contributed by atoms with E-state index in [0.29, 0.717) is 0 Å². The molecule has 0 aromatic heterocycles. The van der Waals surface area contributed by atoms with Crippen molar-refractivity contribution in [1.82, 2.24) is 0 Å². The Bertz CT molecular complexity index is 3600. The minimum Gasteiger partial charge on any atom is -0.469 e. The van der Waals surface area contributed by atoms with Crippen LogP contribution in [0.3, 0.4) is 0 Å². The van der Waals surface area contributed by atoms with Crippen LogP contribution in [-0.4, -0.2) is 12.5 Å². The van der Waals surface area contributed by atoms with Gasteiger partial charge in [0.2, 0.25) is 0 Å². The van der Waals surface area contributed by atoms with Crippen molar-refractivity contribution in [3.63, 3.8) is 0 Å². The molecule has 10 aromatic rings. The van der Waals surface area contributed by atoms with Gasteiger partial charge in [0.05, 0.1) is 23.2 Å². The number of rotatable bonds is 6. The topological polar surface area (TPSA) is 37.4 Å². The Hall–Kier alpha value is -9.00. The molecule has 0 radical (unpaired) electrons. The maximum absolute atomic E-state index is 6.92. The van der Waals surface area contributed by atoms with E-state index in [9.17, 15) is 0 Å². The zero-order valence-electron chi connectivity index (χ0n) is 39.5. The maximum Gasteiger partial charge on any atom is 0.187 e. The lowest BCUT2D eigenvalue weighted by Gasteiger charge is -2.26. The van der Waals surface area contributed by atoms with Gasteiger partial charge in [-0.15, -0.1) is 0 Å². The number of fused-ring (bicyclic) bond motifs is 12. The van der Waals surface area contributed by atoms with Crippen LogP contribution in [0.5, 0.6) is 17.2 Å². The average molecular weight is 930 g/mol. The quantitative estimate of drug-likeness (QED) is 0.165. The van der Waals surface area contributed by atoms with Gasteiger partial charge < -0.3 is 24.1 Å². The largest absolute Gasteiger partial charge is 0.469 e. The molecule has 5 aliphatic heterocycles. The number of benzene rings is 10. The van der Waals surface area contributed by atoms with E-state index in [1.54, 1.807) is 0 Å². The van der Waals surface area contributed by atoms with Crippen LogP contribution < -0.4 is 29.2 Å². The SMILES string of the molecule is CC1c2cc(-c3cc(-c4ccc5c(c4)C4c6ccccc6N(c6ccccc6)C4O5)cc(-c4ccc5c(c4)C4c6ccccc6N(c6ccccc6)C4O5)c3)ccc2ON(c2ccccc2)c2ccccc21. The summed E-state index contributed by atoms with van der Waals surface area (Å²) in [6.07, 6.45) is -0.362. The molecule has 0 bridgehead atoms. The second-order valence-corrected chi connectivity index (χ2v) is 19.6. The minimum absolute atomic E-state index is 0.0535. The summed E-state index contributed by atoms with van der Waals surface area (Å²) >= 11 is 0. The molecule has 15 rings (SSSR count). The van der Waals surface area contributed by atoms with Crippen LogP contribution in [0.2, 0.25) is 0 Å². The van der Waals surface area contributed by atoms with Crippen molar-refractivity contribution in [2.75, 3.05) is 14.9 Å². The zero-order valence-corrected chi connectivity index (χ0v) is 39.5. The first-order chi connectivity index (χ1) is 35.6. The Morgan fingerprint density at radius 3 is 1.18 bits per heavy atom. The van der Waals surface area contributed by atoms with E-state index in [0.717, 1.165) is 78.9 Å². The van der Waals surface area contributed by atoms with Gasteiger partial charge in [0, 0.05) is 45.4 Å². The first-order valence-electron chi connectivity index (χ1n) is 25.0. The fraction of sp³-hybridized carbons (Fsp3) is 0.0909. The lowest BCUT2D eigenvalue weighted by Crippen LogP contribution is -2.32. The third-order valence-corrected chi connectivity index (χ3v) is 15.6. The van der Waals surface area contributed by atoms with E-state index in [2.05, 4.69) is 247 Å². The summed E-state index contributed by atoms with van der Waals surface area (Å²) in [7, 11) is 0. The monoisotopic (exact) mass is 929 g/mol.